The van der Waals surface area contributed by atoms with Gasteiger partial charge in [0.25, 0.3) is 0 Å². The highest BCUT2D eigenvalue weighted by Gasteiger charge is 2.25. The number of ketones is 1. The molecular weight excluding hydrogens is 373 g/mol. The number of ether oxygens (including phenoxy) is 1. The largest absolute Gasteiger partial charge is 0.495 e. The van der Waals surface area contributed by atoms with Crippen LogP contribution in [0.2, 0.25) is 10.0 Å². The Morgan fingerprint density at radius 1 is 1.12 bits per heavy atom. The van der Waals surface area contributed by atoms with E-state index in [1.54, 1.807) is 36.4 Å². The molecule has 0 aromatic heterocycles. The van der Waals surface area contributed by atoms with Crippen molar-refractivity contribution in [1.29, 1.82) is 0 Å². The average molecular weight is 392 g/mol. The maximum absolute atomic E-state index is 12.6. The first-order valence-corrected chi connectivity index (χ1v) is 9.17. The normalized spacial score (nSPS) is 13.3. The van der Waals surface area contributed by atoms with E-state index in [1.165, 1.54) is 7.11 Å². The molecule has 0 radical (unpaired) electrons. The first-order chi connectivity index (χ1) is 12.5. The SMILES string of the molecule is COc1ccc(C(=O)Cc2ccc(Cl)c(Cl)c2)cc1NC(=O)CC1CC1. The summed E-state index contributed by atoms with van der Waals surface area (Å²) in [5.74, 6) is 0.879. The van der Waals surface area contributed by atoms with Crippen LogP contribution in [0.4, 0.5) is 5.69 Å². The van der Waals surface area contributed by atoms with Crippen LogP contribution in [0.5, 0.6) is 5.75 Å². The van der Waals surface area contributed by atoms with Crippen LogP contribution in [0.3, 0.4) is 0 Å². The van der Waals surface area contributed by atoms with Crippen molar-refractivity contribution in [3.05, 3.63) is 57.6 Å². The van der Waals surface area contributed by atoms with Gasteiger partial charge < -0.3 is 10.1 Å². The van der Waals surface area contributed by atoms with Gasteiger partial charge in [-0.05, 0) is 54.7 Å². The fourth-order valence-corrected chi connectivity index (χ4v) is 3.02. The van der Waals surface area contributed by atoms with Gasteiger partial charge in [0.15, 0.2) is 5.78 Å². The monoisotopic (exact) mass is 391 g/mol. The lowest BCUT2D eigenvalue weighted by atomic mass is 10.0. The molecular formula is C20H19Cl2NO3. The Kier molecular flexibility index (Phi) is 5.84. The lowest BCUT2D eigenvalue weighted by molar-refractivity contribution is -0.116. The fourth-order valence-electron chi connectivity index (χ4n) is 2.70. The molecule has 1 fully saturated rings. The van der Waals surface area contributed by atoms with Gasteiger partial charge in [0.2, 0.25) is 5.91 Å². The Morgan fingerprint density at radius 2 is 1.88 bits per heavy atom. The Labute approximate surface area is 162 Å². The average Bonchev–Trinajstić information content (AvgIpc) is 3.42. The number of nitrogens with one attached hydrogen (secondary N) is 1. The van der Waals surface area contributed by atoms with Crippen molar-refractivity contribution < 1.29 is 14.3 Å². The van der Waals surface area contributed by atoms with E-state index >= 15 is 0 Å². The molecule has 1 saturated carbocycles. The third-order valence-electron chi connectivity index (χ3n) is 4.32. The number of Topliss-reactive ketones (excluding diaryl/α,β-unsaturated/α-hetero) is 1. The molecule has 1 N–H and O–H groups in total. The highest BCUT2D eigenvalue weighted by molar-refractivity contribution is 6.42. The topological polar surface area (TPSA) is 55.4 Å². The third kappa shape index (κ3) is 4.77. The molecule has 1 aliphatic carbocycles. The summed E-state index contributed by atoms with van der Waals surface area (Å²) in [5, 5.41) is 3.72. The van der Waals surface area contributed by atoms with Gasteiger partial charge in [0, 0.05) is 18.4 Å². The molecule has 4 nitrogen and oxygen atoms in total. The van der Waals surface area contributed by atoms with E-state index in [0.717, 1.165) is 18.4 Å². The molecule has 0 heterocycles. The number of amides is 1. The minimum Gasteiger partial charge on any atom is -0.495 e. The maximum Gasteiger partial charge on any atom is 0.224 e. The van der Waals surface area contributed by atoms with Gasteiger partial charge >= 0.3 is 0 Å². The summed E-state index contributed by atoms with van der Waals surface area (Å²) in [6, 6.07) is 10.2. The predicted molar refractivity (Wildman–Crippen MR) is 103 cm³/mol. The molecule has 2 aromatic carbocycles. The summed E-state index contributed by atoms with van der Waals surface area (Å²) in [6.07, 6.45) is 2.91. The van der Waals surface area contributed by atoms with Gasteiger partial charge in [-0.15, -0.1) is 0 Å². The van der Waals surface area contributed by atoms with Crippen LogP contribution in [0.1, 0.15) is 35.2 Å². The van der Waals surface area contributed by atoms with Gasteiger partial charge in [0.05, 0.1) is 22.8 Å². The first kappa shape index (κ1) is 18.7. The van der Waals surface area contributed by atoms with Crippen LogP contribution >= 0.6 is 23.2 Å². The second kappa shape index (κ2) is 8.11. The Bertz CT molecular complexity index is 847. The first-order valence-electron chi connectivity index (χ1n) is 8.41. The zero-order chi connectivity index (χ0) is 18.7. The molecule has 3 rings (SSSR count). The van der Waals surface area contributed by atoms with Crippen molar-refractivity contribution in [2.24, 2.45) is 5.92 Å². The van der Waals surface area contributed by atoms with Crippen molar-refractivity contribution in [2.45, 2.75) is 25.7 Å². The molecule has 0 unspecified atom stereocenters. The number of benzene rings is 2. The van der Waals surface area contributed by atoms with Gasteiger partial charge in [-0.1, -0.05) is 29.3 Å². The molecule has 26 heavy (non-hydrogen) atoms. The number of anilines is 1. The van der Waals surface area contributed by atoms with Crippen LogP contribution in [-0.2, 0) is 11.2 Å². The number of hydrogen-bond donors (Lipinski definition) is 1. The van der Waals surface area contributed by atoms with Crippen LogP contribution in [0.15, 0.2) is 36.4 Å². The number of halogens is 2. The molecule has 0 spiro atoms. The molecule has 0 atom stereocenters. The fraction of sp³-hybridized carbons (Fsp3) is 0.300. The van der Waals surface area contributed by atoms with Gasteiger partial charge in [-0.25, -0.2) is 0 Å². The van der Waals surface area contributed by atoms with E-state index in [9.17, 15) is 9.59 Å². The predicted octanol–water partition coefficient (Wildman–Crippen LogP) is 5.17. The highest BCUT2D eigenvalue weighted by atomic mass is 35.5. The summed E-state index contributed by atoms with van der Waals surface area (Å²) in [6.45, 7) is 0. The van der Waals surface area contributed by atoms with Crippen molar-refractivity contribution in [3.63, 3.8) is 0 Å². The van der Waals surface area contributed by atoms with Crippen molar-refractivity contribution in [1.82, 2.24) is 0 Å². The number of methoxy groups -OCH3 is 1. The maximum atomic E-state index is 12.6. The molecule has 6 heteroatoms. The van der Waals surface area contributed by atoms with Crippen LogP contribution in [0, 0.1) is 5.92 Å². The summed E-state index contributed by atoms with van der Waals surface area (Å²) in [5.41, 5.74) is 1.79. The number of carbonyl (C=O) groups is 2. The smallest absolute Gasteiger partial charge is 0.224 e. The number of carbonyl (C=O) groups excluding carboxylic acids is 2. The van der Waals surface area contributed by atoms with Crippen LogP contribution in [0.25, 0.3) is 0 Å². The van der Waals surface area contributed by atoms with Crippen molar-refractivity contribution >= 4 is 40.6 Å². The minimum absolute atomic E-state index is 0.0557. The molecule has 1 aliphatic rings. The van der Waals surface area contributed by atoms with Crippen LogP contribution in [-0.4, -0.2) is 18.8 Å². The molecule has 0 aliphatic heterocycles. The molecule has 136 valence electrons. The summed E-state index contributed by atoms with van der Waals surface area (Å²) < 4.78 is 5.29. The van der Waals surface area contributed by atoms with Crippen molar-refractivity contribution in [3.8, 4) is 5.75 Å². The third-order valence-corrected chi connectivity index (χ3v) is 5.05. The van der Waals surface area contributed by atoms with Crippen molar-refractivity contribution in [2.75, 3.05) is 12.4 Å². The number of rotatable bonds is 7. The van der Waals surface area contributed by atoms with Crippen LogP contribution < -0.4 is 10.1 Å². The van der Waals surface area contributed by atoms with E-state index in [4.69, 9.17) is 27.9 Å². The summed E-state index contributed by atoms with van der Waals surface area (Å²) in [4.78, 5) is 24.7. The summed E-state index contributed by atoms with van der Waals surface area (Å²) >= 11 is 11.9. The number of hydrogen-bond acceptors (Lipinski definition) is 3. The van der Waals surface area contributed by atoms with E-state index in [2.05, 4.69) is 5.32 Å². The quantitative estimate of drug-likeness (QED) is 0.662. The van der Waals surface area contributed by atoms with Gasteiger partial charge in [0.1, 0.15) is 5.75 Å². The second-order valence-electron chi connectivity index (χ2n) is 6.46. The van der Waals surface area contributed by atoms with E-state index in [-0.39, 0.29) is 18.1 Å². The molecule has 0 bridgehead atoms. The Balaban J connectivity index is 1.75. The lowest BCUT2D eigenvalue weighted by Gasteiger charge is -2.12. The second-order valence-corrected chi connectivity index (χ2v) is 7.27. The highest BCUT2D eigenvalue weighted by Crippen LogP contribution is 2.33. The molecule has 2 aromatic rings. The minimum atomic E-state index is -0.0799. The standard InChI is InChI=1S/C20H19Cl2NO3/c1-26-19-7-5-14(11-17(19)23-20(25)10-12-2-3-12)18(24)9-13-4-6-15(21)16(22)8-13/h4-8,11-12H,2-3,9-10H2,1H3,(H,23,25). The molecule has 0 saturated heterocycles. The zero-order valence-electron chi connectivity index (χ0n) is 14.4. The van der Waals surface area contributed by atoms with E-state index in [1.807, 2.05) is 0 Å². The van der Waals surface area contributed by atoms with Gasteiger partial charge in [-0.2, -0.15) is 0 Å². The Morgan fingerprint density at radius 3 is 2.54 bits per heavy atom. The summed E-state index contributed by atoms with van der Waals surface area (Å²) in [7, 11) is 1.53. The van der Waals surface area contributed by atoms with E-state index in [0.29, 0.717) is 39.4 Å². The molecule has 1 amide bonds. The Hall–Kier alpha value is -2.04. The van der Waals surface area contributed by atoms with E-state index < -0.39 is 0 Å². The van der Waals surface area contributed by atoms with Gasteiger partial charge in [-0.3, -0.25) is 9.59 Å². The zero-order valence-corrected chi connectivity index (χ0v) is 15.9. The lowest BCUT2D eigenvalue weighted by Crippen LogP contribution is -2.13.